The summed E-state index contributed by atoms with van der Waals surface area (Å²) in [4.78, 5) is 12.4. The Kier molecular flexibility index (Phi) is 6.32. The fraction of sp³-hybridized carbons (Fsp3) is 0.235. The smallest absolute Gasteiger partial charge is 0.255 e. The molecular formula is C17H21N3O6S2. The van der Waals surface area contributed by atoms with Crippen molar-refractivity contribution in [3.8, 4) is 5.75 Å². The van der Waals surface area contributed by atoms with E-state index in [1.165, 1.54) is 38.4 Å². The van der Waals surface area contributed by atoms with Crippen molar-refractivity contribution in [1.82, 2.24) is 4.72 Å². The maximum absolute atomic E-state index is 12.6. The molecule has 9 nitrogen and oxygen atoms in total. The highest BCUT2D eigenvalue weighted by molar-refractivity contribution is 7.92. The van der Waals surface area contributed by atoms with E-state index in [4.69, 9.17) is 4.74 Å². The molecule has 0 aromatic heterocycles. The minimum absolute atomic E-state index is 0.0906. The van der Waals surface area contributed by atoms with Crippen LogP contribution < -0.4 is 19.5 Å². The molecule has 0 aliphatic carbocycles. The SMILES string of the molecule is CNS(=O)(=O)c1cc(C(=O)Nc2ccc(C)c(NS(C)(=O)=O)c2)ccc1OC. The largest absolute Gasteiger partial charge is 0.495 e. The summed E-state index contributed by atoms with van der Waals surface area (Å²) in [7, 11) is -4.73. The quantitative estimate of drug-likeness (QED) is 0.614. The molecule has 2 aromatic carbocycles. The first kappa shape index (κ1) is 21.7. The predicted molar refractivity (Wildman–Crippen MR) is 107 cm³/mol. The number of aryl methyl sites for hydroxylation is 1. The Balaban J connectivity index is 2.36. The van der Waals surface area contributed by atoms with E-state index in [0.29, 0.717) is 16.9 Å². The van der Waals surface area contributed by atoms with Crippen LogP contribution in [0.3, 0.4) is 0 Å². The van der Waals surface area contributed by atoms with Gasteiger partial charge in [0.05, 0.1) is 19.1 Å². The average Bonchev–Trinajstić information content (AvgIpc) is 2.62. The molecule has 0 aliphatic heterocycles. The van der Waals surface area contributed by atoms with Gasteiger partial charge in [-0.2, -0.15) is 0 Å². The molecule has 28 heavy (non-hydrogen) atoms. The number of ether oxygens (including phenoxy) is 1. The number of rotatable bonds is 7. The zero-order chi connectivity index (χ0) is 21.1. The maximum Gasteiger partial charge on any atom is 0.255 e. The number of benzene rings is 2. The van der Waals surface area contributed by atoms with E-state index in [0.717, 1.165) is 6.26 Å². The summed E-state index contributed by atoms with van der Waals surface area (Å²) in [6, 6.07) is 8.73. The number of nitrogens with one attached hydrogen (secondary N) is 3. The highest BCUT2D eigenvalue weighted by Crippen LogP contribution is 2.26. The molecule has 11 heteroatoms. The second-order valence-electron chi connectivity index (χ2n) is 5.93. The lowest BCUT2D eigenvalue weighted by Gasteiger charge is -2.13. The van der Waals surface area contributed by atoms with Gasteiger partial charge in [-0.05, 0) is 49.9 Å². The first-order valence-corrected chi connectivity index (χ1v) is 11.4. The Morgan fingerprint density at radius 3 is 2.29 bits per heavy atom. The molecule has 0 saturated heterocycles. The third-order valence-electron chi connectivity index (χ3n) is 3.77. The molecule has 0 radical (unpaired) electrons. The third-order valence-corrected chi connectivity index (χ3v) is 5.80. The van der Waals surface area contributed by atoms with Crippen molar-refractivity contribution in [1.29, 1.82) is 0 Å². The average molecular weight is 428 g/mol. The van der Waals surface area contributed by atoms with Gasteiger partial charge in [0.15, 0.2) is 0 Å². The van der Waals surface area contributed by atoms with Crippen LogP contribution in [0.1, 0.15) is 15.9 Å². The van der Waals surface area contributed by atoms with E-state index in [9.17, 15) is 21.6 Å². The number of carbonyl (C=O) groups excluding carboxylic acids is 1. The fourth-order valence-electron chi connectivity index (χ4n) is 2.35. The van der Waals surface area contributed by atoms with Crippen LogP contribution in [0.4, 0.5) is 11.4 Å². The minimum Gasteiger partial charge on any atom is -0.495 e. The monoisotopic (exact) mass is 427 g/mol. The summed E-state index contributed by atoms with van der Waals surface area (Å²) >= 11 is 0. The molecule has 2 aromatic rings. The lowest BCUT2D eigenvalue weighted by molar-refractivity contribution is 0.102. The Morgan fingerprint density at radius 1 is 1.04 bits per heavy atom. The van der Waals surface area contributed by atoms with Gasteiger partial charge in [0.1, 0.15) is 10.6 Å². The Bertz CT molecular complexity index is 1110. The normalized spacial score (nSPS) is 11.7. The standard InChI is InChI=1S/C17H21N3O6S2/c1-11-5-7-13(10-14(11)20-27(4,22)23)19-17(21)12-6-8-15(26-3)16(9-12)28(24,25)18-2/h5-10,18,20H,1-4H3,(H,19,21). The van der Waals surface area contributed by atoms with Crippen molar-refractivity contribution >= 4 is 37.3 Å². The van der Waals surface area contributed by atoms with Crippen LogP contribution in [-0.2, 0) is 20.0 Å². The number of anilines is 2. The number of sulfonamides is 2. The maximum atomic E-state index is 12.6. The molecular weight excluding hydrogens is 406 g/mol. The van der Waals surface area contributed by atoms with Gasteiger partial charge in [-0.15, -0.1) is 0 Å². The van der Waals surface area contributed by atoms with Crippen LogP contribution in [0.5, 0.6) is 5.75 Å². The lowest BCUT2D eigenvalue weighted by Crippen LogP contribution is -2.20. The van der Waals surface area contributed by atoms with Gasteiger partial charge < -0.3 is 10.1 Å². The zero-order valence-electron chi connectivity index (χ0n) is 15.7. The van der Waals surface area contributed by atoms with Gasteiger partial charge in [0.2, 0.25) is 20.0 Å². The van der Waals surface area contributed by atoms with Crippen molar-refractivity contribution in [2.45, 2.75) is 11.8 Å². The Morgan fingerprint density at radius 2 is 1.71 bits per heavy atom. The second-order valence-corrected chi connectivity index (χ2v) is 9.53. The van der Waals surface area contributed by atoms with E-state index in [2.05, 4.69) is 14.8 Å². The third kappa shape index (κ3) is 5.21. The molecule has 2 rings (SSSR count). The number of carbonyl (C=O) groups is 1. The van der Waals surface area contributed by atoms with Gasteiger partial charge >= 0.3 is 0 Å². The number of amides is 1. The minimum atomic E-state index is -3.83. The number of methoxy groups -OCH3 is 1. The van der Waals surface area contributed by atoms with Gasteiger partial charge in [-0.25, -0.2) is 21.6 Å². The summed E-state index contributed by atoms with van der Waals surface area (Å²) < 4.78 is 56.8. The van der Waals surface area contributed by atoms with Crippen molar-refractivity contribution < 1.29 is 26.4 Å². The molecule has 0 spiro atoms. The predicted octanol–water partition coefficient (Wildman–Crippen LogP) is 1.54. The molecule has 0 unspecified atom stereocenters. The Labute approximate surface area is 164 Å². The Hall–Kier alpha value is -2.63. The van der Waals surface area contributed by atoms with Gasteiger partial charge in [-0.1, -0.05) is 6.07 Å². The zero-order valence-corrected chi connectivity index (χ0v) is 17.4. The molecule has 0 aliphatic rings. The molecule has 0 bridgehead atoms. The van der Waals surface area contributed by atoms with Crippen LogP contribution in [0.15, 0.2) is 41.3 Å². The van der Waals surface area contributed by atoms with Gasteiger partial charge in [-0.3, -0.25) is 9.52 Å². The van der Waals surface area contributed by atoms with Crippen LogP contribution in [0, 0.1) is 6.92 Å². The molecule has 152 valence electrons. The molecule has 3 N–H and O–H groups in total. The first-order chi connectivity index (χ1) is 13.0. The molecule has 0 heterocycles. The number of hydrogen-bond acceptors (Lipinski definition) is 6. The highest BCUT2D eigenvalue weighted by atomic mass is 32.2. The second kappa shape index (κ2) is 8.17. The molecule has 1 amide bonds. The van der Waals surface area contributed by atoms with Crippen LogP contribution in [-0.4, -0.2) is 43.2 Å². The van der Waals surface area contributed by atoms with Crippen molar-refractivity contribution in [2.24, 2.45) is 0 Å². The summed E-state index contributed by atoms with van der Waals surface area (Å²) in [6.45, 7) is 1.72. The van der Waals surface area contributed by atoms with Crippen LogP contribution >= 0.6 is 0 Å². The topological polar surface area (TPSA) is 131 Å². The fourth-order valence-corrected chi connectivity index (χ4v) is 3.89. The van der Waals surface area contributed by atoms with Crippen molar-refractivity contribution in [2.75, 3.05) is 30.5 Å². The molecule has 0 atom stereocenters. The van der Waals surface area contributed by atoms with Gasteiger partial charge in [0, 0.05) is 11.3 Å². The molecule has 0 saturated carbocycles. The highest BCUT2D eigenvalue weighted by Gasteiger charge is 2.20. The van der Waals surface area contributed by atoms with E-state index in [1.54, 1.807) is 19.1 Å². The van der Waals surface area contributed by atoms with E-state index < -0.39 is 26.0 Å². The van der Waals surface area contributed by atoms with Crippen molar-refractivity contribution in [3.63, 3.8) is 0 Å². The number of hydrogen-bond donors (Lipinski definition) is 3. The van der Waals surface area contributed by atoms with E-state index in [-0.39, 0.29) is 16.2 Å². The van der Waals surface area contributed by atoms with Crippen LogP contribution in [0.2, 0.25) is 0 Å². The lowest BCUT2D eigenvalue weighted by atomic mass is 10.1. The summed E-state index contributed by atoms with van der Waals surface area (Å²) in [5.41, 5.74) is 1.44. The van der Waals surface area contributed by atoms with Crippen LogP contribution in [0.25, 0.3) is 0 Å². The summed E-state index contributed by atoms with van der Waals surface area (Å²) in [6.07, 6.45) is 1.03. The van der Waals surface area contributed by atoms with E-state index >= 15 is 0 Å². The first-order valence-electron chi connectivity index (χ1n) is 7.98. The van der Waals surface area contributed by atoms with E-state index in [1.807, 2.05) is 0 Å². The summed E-state index contributed by atoms with van der Waals surface area (Å²) in [5, 5.41) is 2.62. The van der Waals surface area contributed by atoms with Gasteiger partial charge in [0.25, 0.3) is 5.91 Å². The summed E-state index contributed by atoms with van der Waals surface area (Å²) in [5.74, 6) is -0.467. The van der Waals surface area contributed by atoms with Crippen molar-refractivity contribution in [3.05, 3.63) is 47.5 Å². The molecule has 0 fully saturated rings.